The molecule has 1 heterocycles. The Morgan fingerprint density at radius 2 is 2.03 bits per heavy atom. The van der Waals surface area contributed by atoms with E-state index in [-0.39, 0.29) is 17.2 Å². The number of nitrogens with one attached hydrogen (secondary N) is 2. The Morgan fingerprint density at radius 3 is 2.72 bits per heavy atom. The number of hydrogen-bond donors (Lipinski definition) is 2. The number of aromatic amines is 1. The largest absolute Gasteiger partial charge is 0.465 e. The molecule has 0 saturated carbocycles. The van der Waals surface area contributed by atoms with E-state index < -0.39 is 11.5 Å². The number of benzene rings is 2. The first-order chi connectivity index (χ1) is 14.0. The maximum Gasteiger partial charge on any atom is 0.337 e. The van der Waals surface area contributed by atoms with E-state index >= 15 is 0 Å². The molecule has 0 radical (unpaired) electrons. The number of rotatable bonds is 5. The highest BCUT2D eigenvalue weighted by molar-refractivity contribution is 5.92. The molecule has 2 aromatic carbocycles. The predicted molar refractivity (Wildman–Crippen MR) is 109 cm³/mol. The van der Waals surface area contributed by atoms with E-state index in [0.717, 1.165) is 5.56 Å². The van der Waals surface area contributed by atoms with E-state index in [0.29, 0.717) is 16.7 Å². The van der Waals surface area contributed by atoms with E-state index in [1.807, 2.05) is 25.1 Å². The number of aryl methyl sites for hydroxylation is 1. The molecule has 0 spiro atoms. The molecule has 3 rings (SSSR count). The predicted octanol–water partition coefficient (Wildman–Crippen LogP) is 2.85. The van der Waals surface area contributed by atoms with Crippen molar-refractivity contribution in [2.45, 2.75) is 6.92 Å². The number of nitriles is 1. The molecule has 8 heteroatoms. The van der Waals surface area contributed by atoms with Crippen LogP contribution in [0, 0.1) is 18.3 Å². The van der Waals surface area contributed by atoms with Crippen molar-refractivity contribution in [1.82, 2.24) is 9.97 Å². The van der Waals surface area contributed by atoms with Gasteiger partial charge in [0.1, 0.15) is 11.6 Å². The van der Waals surface area contributed by atoms with Crippen LogP contribution < -0.4 is 11.0 Å². The number of anilines is 1. The third-order valence-electron chi connectivity index (χ3n) is 3.98. The molecule has 1 aromatic heterocycles. The summed E-state index contributed by atoms with van der Waals surface area (Å²) in [4.78, 5) is 30.7. The summed E-state index contributed by atoms with van der Waals surface area (Å²) in [5.74, 6) is -0.355. The number of hydrazone groups is 1. The van der Waals surface area contributed by atoms with Gasteiger partial charge in [0, 0.05) is 5.56 Å². The van der Waals surface area contributed by atoms with Crippen molar-refractivity contribution < 1.29 is 9.53 Å². The van der Waals surface area contributed by atoms with E-state index in [1.54, 1.807) is 36.4 Å². The lowest BCUT2D eigenvalue weighted by Gasteiger charge is -2.06. The number of aromatic nitrogens is 2. The average molecular weight is 387 g/mol. The van der Waals surface area contributed by atoms with E-state index in [9.17, 15) is 14.9 Å². The molecule has 0 aliphatic carbocycles. The zero-order valence-corrected chi connectivity index (χ0v) is 15.8. The van der Waals surface area contributed by atoms with Gasteiger partial charge < -0.3 is 4.74 Å². The fourth-order valence-corrected chi connectivity index (χ4v) is 2.73. The number of ether oxygens (including phenoxy) is 1. The van der Waals surface area contributed by atoms with Gasteiger partial charge >= 0.3 is 5.97 Å². The van der Waals surface area contributed by atoms with Gasteiger partial charge in [-0.1, -0.05) is 36.4 Å². The molecule has 8 nitrogen and oxygen atoms in total. The van der Waals surface area contributed by atoms with Gasteiger partial charge in [-0.15, -0.1) is 0 Å². The number of carbonyl (C=O) groups excluding carboxylic acids is 1. The molecule has 144 valence electrons. The van der Waals surface area contributed by atoms with Gasteiger partial charge in [-0.05, 0) is 30.2 Å². The minimum Gasteiger partial charge on any atom is -0.465 e. The Morgan fingerprint density at radius 1 is 1.28 bits per heavy atom. The van der Waals surface area contributed by atoms with Crippen molar-refractivity contribution in [3.8, 4) is 17.3 Å². The number of methoxy groups -OCH3 is 1. The third-order valence-corrected chi connectivity index (χ3v) is 3.98. The molecule has 0 aliphatic rings. The smallest absolute Gasteiger partial charge is 0.337 e. The standard InChI is InChI=1S/C21H17N5O3/c1-13-8-14(10-16(9-13)20(28)29-2)12-23-26-21-24-18(15-6-4-3-5-7-15)17(11-22)19(27)25-21/h3-10,12H,1-2H3,(H2,24,25,26,27). The van der Waals surface area contributed by atoms with Crippen molar-refractivity contribution in [1.29, 1.82) is 5.26 Å². The highest BCUT2D eigenvalue weighted by atomic mass is 16.5. The lowest BCUT2D eigenvalue weighted by Crippen LogP contribution is -2.16. The van der Waals surface area contributed by atoms with Gasteiger partial charge in [0.05, 0.1) is 24.6 Å². The topological polar surface area (TPSA) is 120 Å². The van der Waals surface area contributed by atoms with E-state index in [4.69, 9.17) is 4.74 Å². The summed E-state index contributed by atoms with van der Waals surface area (Å²) in [5, 5.41) is 13.4. The number of nitrogens with zero attached hydrogens (tertiary/aromatic N) is 3. The number of hydrogen-bond acceptors (Lipinski definition) is 7. The number of esters is 1. The third kappa shape index (κ3) is 4.54. The molecule has 0 bridgehead atoms. The van der Waals surface area contributed by atoms with E-state index in [2.05, 4.69) is 20.5 Å². The van der Waals surface area contributed by atoms with Crippen LogP contribution in [0.2, 0.25) is 0 Å². The van der Waals surface area contributed by atoms with Crippen molar-refractivity contribution in [2.24, 2.45) is 5.10 Å². The Labute approximate surface area is 166 Å². The number of H-pyrrole nitrogens is 1. The summed E-state index contributed by atoms with van der Waals surface area (Å²) < 4.78 is 4.74. The second-order valence-corrected chi connectivity index (χ2v) is 6.11. The zero-order valence-electron chi connectivity index (χ0n) is 15.8. The van der Waals surface area contributed by atoms with Gasteiger partial charge in [0.2, 0.25) is 5.95 Å². The Kier molecular flexibility index (Phi) is 5.80. The maximum absolute atomic E-state index is 12.2. The lowest BCUT2D eigenvalue weighted by molar-refractivity contribution is 0.0600. The minimum absolute atomic E-state index is 0.0767. The quantitative estimate of drug-likeness (QED) is 0.395. The van der Waals surface area contributed by atoms with Crippen LogP contribution in [-0.4, -0.2) is 29.3 Å². The highest BCUT2D eigenvalue weighted by Gasteiger charge is 2.13. The van der Waals surface area contributed by atoms with Crippen molar-refractivity contribution in [3.63, 3.8) is 0 Å². The summed E-state index contributed by atoms with van der Waals surface area (Å²) in [6.07, 6.45) is 1.49. The normalized spacial score (nSPS) is 10.5. The number of carbonyl (C=O) groups is 1. The first-order valence-electron chi connectivity index (χ1n) is 8.60. The van der Waals surface area contributed by atoms with Gasteiger partial charge in [-0.3, -0.25) is 9.78 Å². The van der Waals surface area contributed by atoms with Gasteiger partial charge in [0.25, 0.3) is 5.56 Å². The molecule has 0 amide bonds. The summed E-state index contributed by atoms with van der Waals surface area (Å²) in [6.45, 7) is 1.85. The Balaban J connectivity index is 1.89. The van der Waals surface area contributed by atoms with Crippen LogP contribution in [-0.2, 0) is 4.74 Å². The minimum atomic E-state index is -0.567. The van der Waals surface area contributed by atoms with Gasteiger partial charge in [-0.25, -0.2) is 15.2 Å². The summed E-state index contributed by atoms with van der Waals surface area (Å²) in [6, 6.07) is 16.0. The van der Waals surface area contributed by atoms with Crippen molar-refractivity contribution >= 4 is 18.1 Å². The van der Waals surface area contributed by atoms with Crippen LogP contribution in [0.1, 0.15) is 27.0 Å². The Bertz CT molecular complexity index is 1180. The molecule has 3 aromatic rings. The molecule has 0 unspecified atom stereocenters. The summed E-state index contributed by atoms with van der Waals surface area (Å²) in [5.41, 5.74) is 4.85. The van der Waals surface area contributed by atoms with Crippen LogP contribution in [0.5, 0.6) is 0 Å². The monoisotopic (exact) mass is 387 g/mol. The second-order valence-electron chi connectivity index (χ2n) is 6.11. The second kappa shape index (κ2) is 8.63. The van der Waals surface area contributed by atoms with Gasteiger partial charge in [0.15, 0.2) is 0 Å². The molecule has 0 fully saturated rings. The molecule has 29 heavy (non-hydrogen) atoms. The molecule has 2 N–H and O–H groups in total. The fourth-order valence-electron chi connectivity index (χ4n) is 2.73. The lowest BCUT2D eigenvalue weighted by atomic mass is 10.1. The SMILES string of the molecule is COC(=O)c1cc(C)cc(C=NNc2nc(-c3ccccc3)c(C#N)c(=O)[nH]2)c1. The molecular weight excluding hydrogens is 370 g/mol. The fraction of sp³-hybridized carbons (Fsp3) is 0.0952. The van der Waals surface area contributed by atoms with Crippen LogP contribution in [0.15, 0.2) is 58.4 Å². The summed E-state index contributed by atoms with van der Waals surface area (Å²) >= 11 is 0. The summed E-state index contributed by atoms with van der Waals surface area (Å²) in [7, 11) is 1.32. The van der Waals surface area contributed by atoms with Crippen LogP contribution in [0.4, 0.5) is 5.95 Å². The first-order valence-corrected chi connectivity index (χ1v) is 8.60. The first kappa shape index (κ1) is 19.5. The van der Waals surface area contributed by atoms with Crippen molar-refractivity contribution in [3.05, 3.63) is 81.1 Å². The van der Waals surface area contributed by atoms with Crippen LogP contribution in [0.3, 0.4) is 0 Å². The Hall–Kier alpha value is -4.25. The van der Waals surface area contributed by atoms with E-state index in [1.165, 1.54) is 13.3 Å². The molecular formula is C21H17N5O3. The highest BCUT2D eigenvalue weighted by Crippen LogP contribution is 2.19. The molecule has 0 atom stereocenters. The van der Waals surface area contributed by atoms with Crippen LogP contribution >= 0.6 is 0 Å². The molecule has 0 saturated heterocycles. The van der Waals surface area contributed by atoms with Crippen LogP contribution in [0.25, 0.3) is 11.3 Å². The van der Waals surface area contributed by atoms with Crippen molar-refractivity contribution in [2.75, 3.05) is 12.5 Å². The zero-order chi connectivity index (χ0) is 20.8. The van der Waals surface area contributed by atoms with Gasteiger partial charge in [-0.2, -0.15) is 10.4 Å². The molecule has 0 aliphatic heterocycles. The average Bonchev–Trinajstić information content (AvgIpc) is 2.73. The maximum atomic E-state index is 12.2.